The van der Waals surface area contributed by atoms with Crippen molar-refractivity contribution in [1.82, 2.24) is 5.32 Å². The maximum absolute atomic E-state index is 12.0. The van der Waals surface area contributed by atoms with E-state index in [9.17, 15) is 4.79 Å². The van der Waals surface area contributed by atoms with Gasteiger partial charge in [-0.2, -0.15) is 0 Å². The molecule has 1 amide bonds. The SMILES string of the molecule is C=C(O)/C(C)=C/C=C(\C)CNC(=O)c1ccc(N)c(N)c1. The fourth-order valence-corrected chi connectivity index (χ4v) is 1.46. The van der Waals surface area contributed by atoms with Crippen molar-refractivity contribution < 1.29 is 9.90 Å². The van der Waals surface area contributed by atoms with Crippen molar-refractivity contribution in [1.29, 1.82) is 0 Å². The van der Waals surface area contributed by atoms with Gasteiger partial charge in [-0.3, -0.25) is 4.79 Å². The number of nitrogen functional groups attached to an aromatic ring is 2. The lowest BCUT2D eigenvalue weighted by molar-refractivity contribution is 0.0957. The van der Waals surface area contributed by atoms with E-state index >= 15 is 0 Å². The first kappa shape index (κ1) is 16.4. The Hall–Kier alpha value is -2.69. The molecular formula is C16H21N3O2. The largest absolute Gasteiger partial charge is 0.508 e. The van der Waals surface area contributed by atoms with E-state index in [4.69, 9.17) is 16.6 Å². The molecule has 0 radical (unpaired) electrons. The van der Waals surface area contributed by atoms with Crippen molar-refractivity contribution in [2.24, 2.45) is 0 Å². The van der Waals surface area contributed by atoms with Gasteiger partial charge in [0, 0.05) is 12.1 Å². The summed E-state index contributed by atoms with van der Waals surface area (Å²) >= 11 is 0. The summed E-state index contributed by atoms with van der Waals surface area (Å²) < 4.78 is 0. The van der Waals surface area contributed by atoms with Crippen LogP contribution in [0.5, 0.6) is 0 Å². The molecule has 5 heteroatoms. The lowest BCUT2D eigenvalue weighted by Crippen LogP contribution is -2.25. The second kappa shape index (κ2) is 7.19. The first-order valence-corrected chi connectivity index (χ1v) is 6.46. The molecule has 0 atom stereocenters. The van der Waals surface area contributed by atoms with Gasteiger partial charge in [0.15, 0.2) is 0 Å². The summed E-state index contributed by atoms with van der Waals surface area (Å²) in [5.41, 5.74) is 14.2. The van der Waals surface area contributed by atoms with Crippen LogP contribution in [-0.2, 0) is 0 Å². The van der Waals surface area contributed by atoms with Crippen LogP contribution < -0.4 is 16.8 Å². The normalized spacial score (nSPS) is 12.1. The zero-order valence-corrected chi connectivity index (χ0v) is 12.3. The first-order chi connectivity index (χ1) is 9.81. The number of benzene rings is 1. The summed E-state index contributed by atoms with van der Waals surface area (Å²) in [6, 6.07) is 4.77. The van der Waals surface area contributed by atoms with Crippen LogP contribution >= 0.6 is 0 Å². The number of amides is 1. The molecule has 0 aliphatic heterocycles. The quantitative estimate of drug-likeness (QED) is 0.380. The first-order valence-electron chi connectivity index (χ1n) is 6.46. The van der Waals surface area contributed by atoms with Crippen molar-refractivity contribution in [2.45, 2.75) is 13.8 Å². The van der Waals surface area contributed by atoms with Crippen molar-refractivity contribution in [2.75, 3.05) is 18.0 Å². The van der Waals surface area contributed by atoms with Gasteiger partial charge < -0.3 is 21.9 Å². The molecule has 112 valence electrons. The summed E-state index contributed by atoms with van der Waals surface area (Å²) in [6.07, 6.45) is 3.55. The molecule has 0 bridgehead atoms. The van der Waals surface area contributed by atoms with E-state index in [0.29, 0.717) is 29.1 Å². The zero-order chi connectivity index (χ0) is 16.0. The van der Waals surface area contributed by atoms with Crippen LogP contribution in [0.1, 0.15) is 24.2 Å². The molecule has 1 rings (SSSR count). The van der Waals surface area contributed by atoms with Gasteiger partial charge >= 0.3 is 0 Å². The molecule has 5 nitrogen and oxygen atoms in total. The second-order valence-electron chi connectivity index (χ2n) is 4.84. The molecule has 0 fully saturated rings. The highest BCUT2D eigenvalue weighted by Gasteiger charge is 2.06. The van der Waals surface area contributed by atoms with Crippen molar-refractivity contribution in [3.8, 4) is 0 Å². The highest BCUT2D eigenvalue weighted by Crippen LogP contribution is 2.15. The van der Waals surface area contributed by atoms with Gasteiger partial charge in [0.1, 0.15) is 5.76 Å². The van der Waals surface area contributed by atoms with Gasteiger partial charge in [0.2, 0.25) is 0 Å². The number of anilines is 2. The average molecular weight is 287 g/mol. The van der Waals surface area contributed by atoms with E-state index < -0.39 is 0 Å². The molecule has 0 saturated heterocycles. The highest BCUT2D eigenvalue weighted by molar-refractivity contribution is 5.96. The molecule has 0 aromatic heterocycles. The summed E-state index contributed by atoms with van der Waals surface area (Å²) in [5, 5.41) is 11.9. The maximum atomic E-state index is 12.0. The van der Waals surface area contributed by atoms with Crippen LogP contribution in [-0.4, -0.2) is 17.6 Å². The van der Waals surface area contributed by atoms with Crippen LogP contribution in [0.2, 0.25) is 0 Å². The molecule has 0 heterocycles. The number of aliphatic hydroxyl groups is 1. The molecule has 1 aromatic rings. The Balaban J connectivity index is 2.64. The minimum atomic E-state index is -0.221. The molecule has 0 saturated carbocycles. The third-order valence-electron chi connectivity index (χ3n) is 2.95. The van der Waals surface area contributed by atoms with Crippen molar-refractivity contribution in [3.63, 3.8) is 0 Å². The molecule has 0 spiro atoms. The monoisotopic (exact) mass is 287 g/mol. The summed E-state index contributed by atoms with van der Waals surface area (Å²) in [4.78, 5) is 12.0. The van der Waals surface area contributed by atoms with Crippen LogP contribution in [0.25, 0.3) is 0 Å². The van der Waals surface area contributed by atoms with Crippen LogP contribution in [0.4, 0.5) is 11.4 Å². The van der Waals surface area contributed by atoms with E-state index in [-0.39, 0.29) is 11.7 Å². The Bertz CT molecular complexity index is 616. The molecule has 0 unspecified atom stereocenters. The Morgan fingerprint density at radius 1 is 1.29 bits per heavy atom. The minimum Gasteiger partial charge on any atom is -0.508 e. The summed E-state index contributed by atoms with van der Waals surface area (Å²) in [7, 11) is 0. The average Bonchev–Trinajstić information content (AvgIpc) is 2.44. The van der Waals surface area contributed by atoms with Gasteiger partial charge in [-0.15, -0.1) is 0 Å². The standard InChI is InChI=1S/C16H21N3O2/c1-10(4-5-11(2)12(3)20)9-19-16(21)13-6-7-14(17)15(18)8-13/h4-8,20H,3,9,17-18H2,1-2H3,(H,19,21)/b10-4+,11-5+. The number of rotatable bonds is 5. The third kappa shape index (κ3) is 5.06. The van der Waals surface area contributed by atoms with E-state index in [0.717, 1.165) is 5.57 Å². The Morgan fingerprint density at radius 3 is 2.52 bits per heavy atom. The zero-order valence-electron chi connectivity index (χ0n) is 12.3. The lowest BCUT2D eigenvalue weighted by atomic mass is 10.1. The Labute approximate surface area is 124 Å². The number of carbonyl (C=O) groups excluding carboxylic acids is 1. The molecule has 6 N–H and O–H groups in total. The van der Waals surface area contributed by atoms with Gasteiger partial charge in [-0.25, -0.2) is 0 Å². The van der Waals surface area contributed by atoms with Crippen molar-refractivity contribution in [3.05, 3.63) is 59.4 Å². The van der Waals surface area contributed by atoms with Crippen LogP contribution in [0.3, 0.4) is 0 Å². The van der Waals surface area contributed by atoms with E-state index in [1.54, 1.807) is 31.2 Å². The predicted octanol–water partition coefficient (Wildman–Crippen LogP) is 2.55. The second-order valence-corrected chi connectivity index (χ2v) is 4.84. The number of nitrogens with one attached hydrogen (secondary N) is 1. The maximum Gasteiger partial charge on any atom is 0.251 e. The van der Waals surface area contributed by atoms with Crippen molar-refractivity contribution >= 4 is 17.3 Å². The number of nitrogens with two attached hydrogens (primary N) is 2. The number of hydrogen-bond donors (Lipinski definition) is 4. The number of carbonyl (C=O) groups is 1. The molecule has 0 aliphatic carbocycles. The van der Waals surface area contributed by atoms with Gasteiger partial charge in [-0.1, -0.05) is 24.3 Å². The van der Waals surface area contributed by atoms with E-state index in [1.807, 2.05) is 13.0 Å². The summed E-state index contributed by atoms with van der Waals surface area (Å²) in [6.45, 7) is 7.45. The number of aliphatic hydroxyl groups excluding tert-OH is 1. The van der Waals surface area contributed by atoms with E-state index in [2.05, 4.69) is 11.9 Å². The fraction of sp³-hybridized carbons (Fsp3) is 0.188. The molecule has 0 aliphatic rings. The third-order valence-corrected chi connectivity index (χ3v) is 2.95. The fourth-order valence-electron chi connectivity index (χ4n) is 1.46. The molecule has 1 aromatic carbocycles. The topological polar surface area (TPSA) is 101 Å². The number of hydrogen-bond acceptors (Lipinski definition) is 4. The minimum absolute atomic E-state index is 0.0282. The van der Waals surface area contributed by atoms with Gasteiger partial charge in [-0.05, 0) is 37.6 Å². The molecular weight excluding hydrogens is 266 g/mol. The summed E-state index contributed by atoms with van der Waals surface area (Å²) in [5.74, 6) is -0.192. The van der Waals surface area contributed by atoms with E-state index in [1.165, 1.54) is 0 Å². The van der Waals surface area contributed by atoms with Crippen LogP contribution in [0.15, 0.2) is 53.8 Å². The van der Waals surface area contributed by atoms with Crippen LogP contribution in [0, 0.1) is 0 Å². The highest BCUT2D eigenvalue weighted by atomic mass is 16.3. The Kier molecular flexibility index (Phi) is 5.60. The number of allylic oxidation sites excluding steroid dienone is 3. The smallest absolute Gasteiger partial charge is 0.251 e. The predicted molar refractivity (Wildman–Crippen MR) is 86.9 cm³/mol. The molecule has 21 heavy (non-hydrogen) atoms. The Morgan fingerprint density at radius 2 is 1.95 bits per heavy atom. The van der Waals surface area contributed by atoms with Gasteiger partial charge in [0.25, 0.3) is 5.91 Å². The van der Waals surface area contributed by atoms with Gasteiger partial charge in [0.05, 0.1) is 11.4 Å². The lowest BCUT2D eigenvalue weighted by Gasteiger charge is -2.07.